The summed E-state index contributed by atoms with van der Waals surface area (Å²) in [6.45, 7) is 20.1. The van der Waals surface area contributed by atoms with Crippen LogP contribution in [0.15, 0.2) is 0 Å². The summed E-state index contributed by atoms with van der Waals surface area (Å²) in [7, 11) is 4.33. The molecular weight excluding hydrogens is 284 g/mol. The molecule has 2 aliphatic rings. The number of hydrogen-bond donors (Lipinski definition) is 0. The second-order valence-corrected chi connectivity index (χ2v) is 7.52. The molecule has 0 atom stereocenters. The molecule has 2 fully saturated rings. The molecule has 0 saturated carbocycles. The van der Waals surface area contributed by atoms with Gasteiger partial charge in [-0.15, -0.1) is 0 Å². The Labute approximate surface area is 145 Å². The predicted octanol–water partition coefficient (Wildman–Crippen LogP) is 2.31. The number of likely N-dealkylation sites (tertiary alicyclic amines) is 1. The highest BCUT2D eigenvalue weighted by molar-refractivity contribution is 4.79. The van der Waals surface area contributed by atoms with E-state index in [2.05, 4.69) is 47.5 Å². The van der Waals surface area contributed by atoms with Crippen LogP contribution >= 0.6 is 0 Å². The van der Waals surface area contributed by atoms with Gasteiger partial charge in [0.2, 0.25) is 0 Å². The summed E-state index contributed by atoms with van der Waals surface area (Å²) in [5.74, 6) is 0.938. The predicted molar refractivity (Wildman–Crippen MR) is 102 cm³/mol. The van der Waals surface area contributed by atoms with E-state index in [1.54, 1.807) is 0 Å². The smallest absolute Gasteiger partial charge is 0.0110 e. The summed E-state index contributed by atoms with van der Waals surface area (Å²) in [5, 5.41) is 0. The molecule has 0 amide bonds. The summed E-state index contributed by atoms with van der Waals surface area (Å²) >= 11 is 0. The molecule has 2 aliphatic heterocycles. The lowest BCUT2D eigenvalue weighted by Gasteiger charge is -2.40. The molecule has 0 aromatic carbocycles. The Morgan fingerprint density at radius 1 is 0.870 bits per heavy atom. The van der Waals surface area contributed by atoms with Crippen molar-refractivity contribution in [3.63, 3.8) is 0 Å². The molecule has 0 aliphatic carbocycles. The highest BCUT2D eigenvalue weighted by Crippen LogP contribution is 2.20. The topological polar surface area (TPSA) is 13.0 Å². The lowest BCUT2D eigenvalue weighted by molar-refractivity contribution is 0.0849. The molecule has 2 heterocycles. The average Bonchev–Trinajstić information content (AvgIpc) is 2.56. The van der Waals surface area contributed by atoms with Crippen LogP contribution < -0.4 is 0 Å². The number of rotatable bonds is 6. The first-order valence-electron chi connectivity index (χ1n) is 9.88. The van der Waals surface area contributed by atoms with Crippen LogP contribution in [0, 0.1) is 5.92 Å². The molecule has 0 N–H and O–H groups in total. The van der Waals surface area contributed by atoms with E-state index < -0.39 is 0 Å². The third kappa shape index (κ3) is 7.97. The Morgan fingerprint density at radius 2 is 1.39 bits per heavy atom. The van der Waals surface area contributed by atoms with E-state index >= 15 is 0 Å². The van der Waals surface area contributed by atoms with Crippen molar-refractivity contribution >= 4 is 0 Å². The van der Waals surface area contributed by atoms with Crippen molar-refractivity contribution in [2.24, 2.45) is 5.92 Å². The zero-order chi connectivity index (χ0) is 17.2. The summed E-state index contributed by atoms with van der Waals surface area (Å²) in [5.41, 5.74) is 0. The third-order valence-corrected chi connectivity index (χ3v) is 5.22. The lowest BCUT2D eigenvalue weighted by Crippen LogP contribution is -2.50. The molecule has 23 heavy (non-hydrogen) atoms. The average molecular weight is 327 g/mol. The van der Waals surface area contributed by atoms with Gasteiger partial charge in [0.25, 0.3) is 0 Å². The molecule has 2 rings (SSSR count). The summed E-state index contributed by atoms with van der Waals surface area (Å²) in [4.78, 5) is 10.3. The van der Waals surface area contributed by atoms with Crippen LogP contribution in [0.3, 0.4) is 0 Å². The van der Waals surface area contributed by atoms with Gasteiger partial charge in [0.05, 0.1) is 0 Å². The third-order valence-electron chi connectivity index (χ3n) is 5.22. The molecule has 0 unspecified atom stereocenters. The normalized spacial score (nSPS) is 22.4. The summed E-state index contributed by atoms with van der Waals surface area (Å²) < 4.78 is 0. The number of nitrogens with zero attached hydrogens (tertiary/aromatic N) is 4. The zero-order valence-corrected chi connectivity index (χ0v) is 16.7. The Balaban J connectivity index is 0.00000127. The fourth-order valence-electron chi connectivity index (χ4n) is 3.55. The van der Waals surface area contributed by atoms with Gasteiger partial charge in [-0.25, -0.2) is 0 Å². The largest absolute Gasteiger partial charge is 0.308 e. The van der Waals surface area contributed by atoms with E-state index in [1.807, 2.05) is 13.8 Å². The van der Waals surface area contributed by atoms with Gasteiger partial charge in [0.1, 0.15) is 0 Å². The molecule has 4 nitrogen and oxygen atoms in total. The maximum absolute atomic E-state index is 2.71. The maximum Gasteiger partial charge on any atom is 0.0110 e. The first-order valence-corrected chi connectivity index (χ1v) is 9.88. The van der Waals surface area contributed by atoms with E-state index in [1.165, 1.54) is 71.7 Å². The Hall–Kier alpha value is -0.160. The van der Waals surface area contributed by atoms with Gasteiger partial charge in [-0.1, -0.05) is 13.8 Å². The molecule has 0 aromatic rings. The van der Waals surface area contributed by atoms with Crippen molar-refractivity contribution in [1.29, 1.82) is 0 Å². The lowest BCUT2D eigenvalue weighted by atomic mass is 9.95. The molecule has 138 valence electrons. The molecule has 4 heteroatoms. The van der Waals surface area contributed by atoms with Crippen molar-refractivity contribution < 1.29 is 0 Å². The number of likely N-dealkylation sites (N-methyl/N-ethyl adjacent to an activating group) is 1. The van der Waals surface area contributed by atoms with Crippen molar-refractivity contribution in [3.05, 3.63) is 0 Å². The van der Waals surface area contributed by atoms with E-state index in [9.17, 15) is 0 Å². The van der Waals surface area contributed by atoms with Gasteiger partial charge in [0.15, 0.2) is 0 Å². The Kier molecular flexibility index (Phi) is 10.4. The molecule has 0 aromatic heterocycles. The molecular formula is C19H42N4. The van der Waals surface area contributed by atoms with Gasteiger partial charge >= 0.3 is 0 Å². The van der Waals surface area contributed by atoms with E-state index in [-0.39, 0.29) is 0 Å². The van der Waals surface area contributed by atoms with Crippen LogP contribution in [-0.4, -0.2) is 98.6 Å². The minimum absolute atomic E-state index is 0.728. The van der Waals surface area contributed by atoms with Crippen LogP contribution in [0.2, 0.25) is 0 Å². The van der Waals surface area contributed by atoms with Gasteiger partial charge in [-0.3, -0.25) is 4.90 Å². The second-order valence-electron chi connectivity index (χ2n) is 7.52. The Morgan fingerprint density at radius 3 is 1.87 bits per heavy atom. The van der Waals surface area contributed by atoms with E-state index in [0.717, 1.165) is 12.0 Å². The fourth-order valence-corrected chi connectivity index (χ4v) is 3.55. The monoisotopic (exact) mass is 326 g/mol. The van der Waals surface area contributed by atoms with Gasteiger partial charge in [0, 0.05) is 51.9 Å². The second kappa shape index (κ2) is 11.4. The van der Waals surface area contributed by atoms with E-state index in [0.29, 0.717) is 0 Å². The molecule has 2 saturated heterocycles. The van der Waals surface area contributed by atoms with Gasteiger partial charge in [-0.05, 0) is 59.8 Å². The van der Waals surface area contributed by atoms with Crippen LogP contribution in [0.4, 0.5) is 0 Å². The van der Waals surface area contributed by atoms with Crippen LogP contribution in [0.1, 0.15) is 40.5 Å². The van der Waals surface area contributed by atoms with Crippen molar-refractivity contribution in [3.8, 4) is 0 Å². The first kappa shape index (κ1) is 20.9. The van der Waals surface area contributed by atoms with Crippen LogP contribution in [0.5, 0.6) is 0 Å². The zero-order valence-electron chi connectivity index (χ0n) is 16.7. The molecule has 0 bridgehead atoms. The maximum atomic E-state index is 2.71. The first-order chi connectivity index (χ1) is 11.0. The standard InChI is InChI=1S/C17H36N4.C2H6/c1-16(2)21-7-5-17(6-8-21)15-20-13-11-19(12-14-20)10-9-18(3)4;1-2/h16-17H,5-15H2,1-4H3;1-2H3. The highest BCUT2D eigenvalue weighted by Gasteiger charge is 2.24. The van der Waals surface area contributed by atoms with Crippen molar-refractivity contribution in [2.45, 2.75) is 46.6 Å². The van der Waals surface area contributed by atoms with Crippen LogP contribution in [-0.2, 0) is 0 Å². The number of piperidine rings is 1. The van der Waals surface area contributed by atoms with Crippen molar-refractivity contribution in [1.82, 2.24) is 19.6 Å². The quantitative estimate of drug-likeness (QED) is 0.742. The Bertz CT molecular complexity index is 277. The summed E-state index contributed by atoms with van der Waals surface area (Å²) in [6, 6.07) is 0.728. The minimum atomic E-state index is 0.728. The number of piperazine rings is 1. The number of hydrogen-bond acceptors (Lipinski definition) is 4. The minimum Gasteiger partial charge on any atom is -0.308 e. The SMILES string of the molecule is CC.CC(C)N1CCC(CN2CCN(CCN(C)C)CC2)CC1. The molecule has 0 radical (unpaired) electrons. The highest BCUT2D eigenvalue weighted by atomic mass is 15.3. The van der Waals surface area contributed by atoms with Gasteiger partial charge < -0.3 is 14.7 Å². The van der Waals surface area contributed by atoms with Crippen LogP contribution in [0.25, 0.3) is 0 Å². The fraction of sp³-hybridized carbons (Fsp3) is 1.00. The van der Waals surface area contributed by atoms with Crippen molar-refractivity contribution in [2.75, 3.05) is 73.0 Å². The molecule has 0 spiro atoms. The van der Waals surface area contributed by atoms with Gasteiger partial charge in [-0.2, -0.15) is 0 Å². The summed E-state index contributed by atoms with van der Waals surface area (Å²) in [6.07, 6.45) is 2.80. The van der Waals surface area contributed by atoms with E-state index in [4.69, 9.17) is 0 Å².